The summed E-state index contributed by atoms with van der Waals surface area (Å²) >= 11 is 0. The molecule has 1 aliphatic heterocycles. The lowest BCUT2D eigenvalue weighted by Crippen LogP contribution is -2.16. The van der Waals surface area contributed by atoms with E-state index in [1.807, 2.05) is 6.92 Å². The van der Waals surface area contributed by atoms with Gasteiger partial charge in [-0.05, 0) is 50.0 Å². The van der Waals surface area contributed by atoms with Crippen molar-refractivity contribution in [2.45, 2.75) is 78.1 Å². The van der Waals surface area contributed by atoms with E-state index in [1.54, 1.807) is 0 Å². The predicted octanol–water partition coefficient (Wildman–Crippen LogP) is 3.69. The highest BCUT2D eigenvalue weighted by molar-refractivity contribution is 5.09. The summed E-state index contributed by atoms with van der Waals surface area (Å²) in [5.41, 5.74) is 1.60. The molecule has 2 nitrogen and oxygen atoms in total. The van der Waals surface area contributed by atoms with Crippen molar-refractivity contribution < 1.29 is 9.84 Å². The van der Waals surface area contributed by atoms with Gasteiger partial charge in [-0.3, -0.25) is 0 Å². The Morgan fingerprint density at radius 1 is 1.41 bits per heavy atom. The summed E-state index contributed by atoms with van der Waals surface area (Å²) in [7, 11) is 0. The summed E-state index contributed by atoms with van der Waals surface area (Å²) in [5.74, 6) is 0. The molecule has 1 rings (SSSR count). The fraction of sp³-hybridized carbons (Fsp3) is 0.867. The van der Waals surface area contributed by atoms with Gasteiger partial charge in [-0.2, -0.15) is 0 Å². The normalized spacial score (nSPS) is 27.5. The molecule has 100 valence electrons. The van der Waals surface area contributed by atoms with Crippen molar-refractivity contribution in [3.63, 3.8) is 0 Å². The average Bonchev–Trinajstić information content (AvgIpc) is 2.52. The number of aliphatic hydroxyl groups is 1. The average molecular weight is 240 g/mol. The lowest BCUT2D eigenvalue weighted by molar-refractivity contribution is 0.0294. The van der Waals surface area contributed by atoms with Crippen LogP contribution >= 0.6 is 0 Å². The molecule has 0 radical (unpaired) electrons. The second-order valence-electron chi connectivity index (χ2n) is 6.63. The van der Waals surface area contributed by atoms with Crippen molar-refractivity contribution >= 4 is 0 Å². The van der Waals surface area contributed by atoms with Crippen LogP contribution in [0.2, 0.25) is 0 Å². The Morgan fingerprint density at radius 3 is 2.59 bits per heavy atom. The number of hydrogen-bond donors (Lipinski definition) is 1. The summed E-state index contributed by atoms with van der Waals surface area (Å²) < 4.78 is 6.01. The lowest BCUT2D eigenvalue weighted by atomic mass is 9.88. The van der Waals surface area contributed by atoms with Gasteiger partial charge in [0.1, 0.15) is 0 Å². The lowest BCUT2D eigenvalue weighted by Gasteiger charge is -2.21. The van der Waals surface area contributed by atoms with Crippen LogP contribution in [0.5, 0.6) is 0 Å². The molecule has 0 aliphatic carbocycles. The first-order valence-corrected chi connectivity index (χ1v) is 6.79. The van der Waals surface area contributed by atoms with Crippen molar-refractivity contribution in [1.29, 1.82) is 0 Å². The van der Waals surface area contributed by atoms with Gasteiger partial charge in [-0.15, -0.1) is 0 Å². The van der Waals surface area contributed by atoms with E-state index in [9.17, 15) is 5.11 Å². The van der Waals surface area contributed by atoms with E-state index >= 15 is 0 Å². The van der Waals surface area contributed by atoms with Gasteiger partial charge < -0.3 is 9.84 Å². The summed E-state index contributed by atoms with van der Waals surface area (Å²) in [6, 6.07) is 0. The van der Waals surface area contributed by atoms with Crippen LogP contribution in [-0.4, -0.2) is 23.4 Å². The van der Waals surface area contributed by atoms with Gasteiger partial charge in [0.2, 0.25) is 0 Å². The monoisotopic (exact) mass is 240 g/mol. The largest absolute Gasteiger partial charge is 0.393 e. The van der Waals surface area contributed by atoms with Crippen LogP contribution in [0.1, 0.15) is 59.8 Å². The first kappa shape index (κ1) is 14.7. The zero-order chi connectivity index (χ0) is 13.1. The molecule has 1 saturated heterocycles. The minimum atomic E-state index is -0.222. The Balaban J connectivity index is 2.32. The molecule has 2 unspecified atom stereocenters. The zero-order valence-corrected chi connectivity index (χ0v) is 11.8. The van der Waals surface area contributed by atoms with Crippen molar-refractivity contribution in [3.8, 4) is 0 Å². The van der Waals surface area contributed by atoms with Crippen molar-refractivity contribution in [1.82, 2.24) is 0 Å². The van der Waals surface area contributed by atoms with E-state index in [0.29, 0.717) is 5.41 Å². The molecule has 1 fully saturated rings. The van der Waals surface area contributed by atoms with Gasteiger partial charge in [-0.1, -0.05) is 27.4 Å². The van der Waals surface area contributed by atoms with Crippen LogP contribution in [-0.2, 0) is 4.74 Å². The fourth-order valence-corrected chi connectivity index (χ4v) is 2.23. The zero-order valence-electron chi connectivity index (χ0n) is 11.8. The topological polar surface area (TPSA) is 29.5 Å². The van der Waals surface area contributed by atoms with Crippen LogP contribution in [0.25, 0.3) is 0 Å². The standard InChI is InChI=1S/C15H28O2/c1-11-10-13(7-6-12(2)16)17-14(11)8-9-15(3,4)5/h12-14,16H,1,6-10H2,2-5H3/t12?,13-,14?/m0/s1. The maximum Gasteiger partial charge on any atom is 0.0787 e. The molecule has 3 atom stereocenters. The summed E-state index contributed by atoms with van der Waals surface area (Å²) in [6.45, 7) is 12.7. The number of aliphatic hydroxyl groups excluding tert-OH is 1. The molecule has 0 aromatic rings. The third-order valence-electron chi connectivity index (χ3n) is 3.36. The highest BCUT2D eigenvalue weighted by Gasteiger charge is 2.29. The Bertz CT molecular complexity index is 250. The third-order valence-corrected chi connectivity index (χ3v) is 3.36. The van der Waals surface area contributed by atoms with Gasteiger partial charge in [0, 0.05) is 0 Å². The van der Waals surface area contributed by atoms with Crippen molar-refractivity contribution in [2.75, 3.05) is 0 Å². The van der Waals surface area contributed by atoms with Gasteiger partial charge in [0.15, 0.2) is 0 Å². The van der Waals surface area contributed by atoms with Crippen LogP contribution in [0.15, 0.2) is 12.2 Å². The van der Waals surface area contributed by atoms with E-state index in [0.717, 1.165) is 25.7 Å². The van der Waals surface area contributed by atoms with Crippen LogP contribution in [0, 0.1) is 5.41 Å². The highest BCUT2D eigenvalue weighted by Crippen LogP contribution is 2.33. The first-order chi connectivity index (χ1) is 7.78. The van der Waals surface area contributed by atoms with Gasteiger partial charge >= 0.3 is 0 Å². The van der Waals surface area contributed by atoms with Crippen molar-refractivity contribution in [3.05, 3.63) is 12.2 Å². The maximum atomic E-state index is 9.28. The molecule has 0 aromatic carbocycles. The highest BCUT2D eigenvalue weighted by atomic mass is 16.5. The quantitative estimate of drug-likeness (QED) is 0.743. The maximum absolute atomic E-state index is 9.28. The number of hydrogen-bond acceptors (Lipinski definition) is 2. The van der Waals surface area contributed by atoms with Gasteiger partial charge in [0.25, 0.3) is 0 Å². The fourth-order valence-electron chi connectivity index (χ4n) is 2.23. The van der Waals surface area contributed by atoms with Gasteiger partial charge in [-0.25, -0.2) is 0 Å². The molecule has 2 heteroatoms. The van der Waals surface area contributed by atoms with Crippen LogP contribution < -0.4 is 0 Å². The predicted molar refractivity (Wildman–Crippen MR) is 72.0 cm³/mol. The molecule has 0 aromatic heterocycles. The van der Waals surface area contributed by atoms with E-state index < -0.39 is 0 Å². The Hall–Kier alpha value is -0.340. The molecule has 0 amide bonds. The minimum Gasteiger partial charge on any atom is -0.393 e. The molecule has 1 N–H and O–H groups in total. The molecular formula is C15H28O2. The summed E-state index contributed by atoms with van der Waals surface area (Å²) in [6.07, 6.45) is 5.29. The Labute approximate surface area is 106 Å². The molecule has 17 heavy (non-hydrogen) atoms. The second-order valence-corrected chi connectivity index (χ2v) is 6.63. The summed E-state index contributed by atoms with van der Waals surface area (Å²) in [5, 5.41) is 9.28. The molecule has 1 aliphatic rings. The Morgan fingerprint density at radius 2 is 2.06 bits per heavy atom. The molecule has 0 saturated carbocycles. The summed E-state index contributed by atoms with van der Waals surface area (Å²) in [4.78, 5) is 0. The molecule has 1 heterocycles. The number of ether oxygens (including phenoxy) is 1. The molecule has 0 spiro atoms. The van der Waals surface area contributed by atoms with Gasteiger partial charge in [0.05, 0.1) is 18.3 Å². The number of rotatable bonds is 5. The van der Waals surface area contributed by atoms with Crippen LogP contribution in [0.4, 0.5) is 0 Å². The molecule has 0 bridgehead atoms. The van der Waals surface area contributed by atoms with E-state index in [1.165, 1.54) is 12.0 Å². The smallest absolute Gasteiger partial charge is 0.0787 e. The van der Waals surface area contributed by atoms with E-state index in [2.05, 4.69) is 27.4 Å². The second kappa shape index (κ2) is 6.01. The van der Waals surface area contributed by atoms with Crippen LogP contribution in [0.3, 0.4) is 0 Å². The molecular weight excluding hydrogens is 212 g/mol. The SMILES string of the molecule is C=C1C[C@H](CCC(C)O)OC1CCC(C)(C)C. The first-order valence-electron chi connectivity index (χ1n) is 6.79. The Kier molecular flexibility index (Phi) is 5.21. The third kappa shape index (κ3) is 5.69. The van der Waals surface area contributed by atoms with E-state index in [-0.39, 0.29) is 18.3 Å². The van der Waals surface area contributed by atoms with Crippen molar-refractivity contribution in [2.24, 2.45) is 5.41 Å². The van der Waals surface area contributed by atoms with E-state index in [4.69, 9.17) is 4.74 Å². The minimum absolute atomic E-state index is 0.222.